The van der Waals surface area contributed by atoms with E-state index in [9.17, 15) is 9.90 Å². The van der Waals surface area contributed by atoms with Crippen molar-refractivity contribution in [2.45, 2.75) is 25.4 Å². The van der Waals surface area contributed by atoms with Gasteiger partial charge in [-0.05, 0) is 19.4 Å². The number of nitrogens with zero attached hydrogens (tertiary/aromatic N) is 2. The summed E-state index contributed by atoms with van der Waals surface area (Å²) in [4.78, 5) is 16.3. The molecule has 116 valence electrons. The van der Waals surface area contributed by atoms with Gasteiger partial charge in [-0.3, -0.25) is 9.80 Å². The zero-order chi connectivity index (χ0) is 15.5. The standard InChI is InChI=1S/C16H25N3O2/c1-13(2)19-10-8-18(9-11-19)12-16(17,15(20)21)14-6-4-3-5-7-14/h3-7,13H,8-12,17H2,1-2H3,(H,20,21). The minimum Gasteiger partial charge on any atom is -0.480 e. The average molecular weight is 291 g/mol. The van der Waals surface area contributed by atoms with Gasteiger partial charge in [-0.1, -0.05) is 30.3 Å². The van der Waals surface area contributed by atoms with Crippen LogP contribution in [-0.2, 0) is 10.3 Å². The first-order chi connectivity index (χ1) is 9.93. The van der Waals surface area contributed by atoms with Crippen molar-refractivity contribution in [1.82, 2.24) is 9.80 Å². The Hall–Kier alpha value is -1.43. The first-order valence-corrected chi connectivity index (χ1v) is 7.47. The van der Waals surface area contributed by atoms with E-state index < -0.39 is 11.5 Å². The summed E-state index contributed by atoms with van der Waals surface area (Å²) >= 11 is 0. The van der Waals surface area contributed by atoms with E-state index in [-0.39, 0.29) is 0 Å². The van der Waals surface area contributed by atoms with Crippen LogP contribution in [0, 0.1) is 0 Å². The van der Waals surface area contributed by atoms with E-state index in [4.69, 9.17) is 5.73 Å². The summed E-state index contributed by atoms with van der Waals surface area (Å²) < 4.78 is 0. The molecule has 1 aromatic rings. The first-order valence-electron chi connectivity index (χ1n) is 7.47. The zero-order valence-electron chi connectivity index (χ0n) is 12.8. The van der Waals surface area contributed by atoms with Gasteiger partial charge in [0.1, 0.15) is 0 Å². The Morgan fingerprint density at radius 2 is 1.81 bits per heavy atom. The normalized spacial score (nSPS) is 20.4. The number of carbonyl (C=O) groups is 1. The second-order valence-corrected chi connectivity index (χ2v) is 6.05. The molecule has 0 saturated carbocycles. The molecule has 1 aliphatic heterocycles. The van der Waals surface area contributed by atoms with Gasteiger partial charge < -0.3 is 10.8 Å². The SMILES string of the molecule is CC(C)N1CCN(CC(N)(C(=O)O)c2ccccc2)CC1. The third-order valence-electron chi connectivity index (χ3n) is 4.28. The number of rotatable bonds is 5. The second kappa shape index (κ2) is 6.56. The van der Waals surface area contributed by atoms with Gasteiger partial charge >= 0.3 is 5.97 Å². The van der Waals surface area contributed by atoms with E-state index in [1.165, 1.54) is 0 Å². The molecule has 1 saturated heterocycles. The Morgan fingerprint density at radius 3 is 2.29 bits per heavy atom. The van der Waals surface area contributed by atoms with Crippen LogP contribution in [0.2, 0.25) is 0 Å². The molecule has 1 aromatic carbocycles. The molecule has 0 radical (unpaired) electrons. The van der Waals surface area contributed by atoms with Crippen molar-refractivity contribution >= 4 is 5.97 Å². The van der Waals surface area contributed by atoms with E-state index >= 15 is 0 Å². The quantitative estimate of drug-likeness (QED) is 0.845. The van der Waals surface area contributed by atoms with Gasteiger partial charge in [-0.15, -0.1) is 0 Å². The molecule has 0 spiro atoms. The van der Waals surface area contributed by atoms with Crippen molar-refractivity contribution in [3.05, 3.63) is 35.9 Å². The number of carboxylic acid groups (broad SMARTS) is 1. The lowest BCUT2D eigenvalue weighted by Gasteiger charge is -2.40. The molecule has 21 heavy (non-hydrogen) atoms. The lowest BCUT2D eigenvalue weighted by molar-refractivity contribution is -0.144. The molecular weight excluding hydrogens is 266 g/mol. The highest BCUT2D eigenvalue weighted by atomic mass is 16.4. The molecule has 5 heteroatoms. The Bertz CT molecular complexity index is 470. The predicted octanol–water partition coefficient (Wildman–Crippen LogP) is 0.951. The van der Waals surface area contributed by atoms with Gasteiger partial charge in [0.2, 0.25) is 0 Å². The van der Waals surface area contributed by atoms with Gasteiger partial charge in [0.25, 0.3) is 0 Å². The van der Waals surface area contributed by atoms with Gasteiger partial charge in [0.15, 0.2) is 5.54 Å². The summed E-state index contributed by atoms with van der Waals surface area (Å²) in [6.45, 7) is 8.35. The fourth-order valence-corrected chi connectivity index (χ4v) is 2.81. The van der Waals surface area contributed by atoms with E-state index in [2.05, 4.69) is 23.6 Å². The lowest BCUT2D eigenvalue weighted by atomic mass is 9.90. The van der Waals surface area contributed by atoms with E-state index in [0.29, 0.717) is 18.2 Å². The Labute approximate surface area is 126 Å². The maximum atomic E-state index is 11.7. The smallest absolute Gasteiger partial charge is 0.329 e. The Balaban J connectivity index is 2.07. The van der Waals surface area contributed by atoms with Crippen molar-refractivity contribution in [2.75, 3.05) is 32.7 Å². The van der Waals surface area contributed by atoms with Crippen molar-refractivity contribution in [3.8, 4) is 0 Å². The maximum Gasteiger partial charge on any atom is 0.329 e. The molecule has 1 heterocycles. The van der Waals surface area contributed by atoms with E-state index in [1.807, 2.05) is 18.2 Å². The highest BCUT2D eigenvalue weighted by molar-refractivity contribution is 5.80. The molecule has 0 aliphatic carbocycles. The van der Waals surface area contributed by atoms with E-state index in [1.54, 1.807) is 12.1 Å². The van der Waals surface area contributed by atoms with Gasteiger partial charge in [0.05, 0.1) is 0 Å². The summed E-state index contributed by atoms with van der Waals surface area (Å²) in [5, 5.41) is 9.59. The second-order valence-electron chi connectivity index (χ2n) is 6.05. The summed E-state index contributed by atoms with van der Waals surface area (Å²) in [6.07, 6.45) is 0. The molecule has 0 aromatic heterocycles. The topological polar surface area (TPSA) is 69.8 Å². The van der Waals surface area contributed by atoms with Crippen LogP contribution in [-0.4, -0.2) is 59.6 Å². The lowest BCUT2D eigenvalue weighted by Crippen LogP contribution is -2.57. The third kappa shape index (κ3) is 3.61. The first kappa shape index (κ1) is 15.9. The fourth-order valence-electron chi connectivity index (χ4n) is 2.81. The number of hydrogen-bond donors (Lipinski definition) is 2. The van der Waals surface area contributed by atoms with Gasteiger partial charge in [-0.25, -0.2) is 4.79 Å². The molecule has 1 unspecified atom stereocenters. The van der Waals surface area contributed by atoms with Crippen LogP contribution in [0.3, 0.4) is 0 Å². The molecule has 0 bridgehead atoms. The largest absolute Gasteiger partial charge is 0.480 e. The summed E-state index contributed by atoms with van der Waals surface area (Å²) in [6, 6.07) is 9.64. The molecule has 1 aliphatic rings. The van der Waals surface area contributed by atoms with Gasteiger partial charge in [0, 0.05) is 38.8 Å². The predicted molar refractivity (Wildman–Crippen MR) is 83.1 cm³/mol. The molecule has 2 rings (SSSR count). The summed E-state index contributed by atoms with van der Waals surface area (Å²) in [5.74, 6) is -0.972. The highest BCUT2D eigenvalue weighted by Gasteiger charge is 2.38. The van der Waals surface area contributed by atoms with Crippen molar-refractivity contribution in [1.29, 1.82) is 0 Å². The number of benzene rings is 1. The Kier molecular flexibility index (Phi) is 4.98. The van der Waals surface area contributed by atoms with Crippen LogP contribution >= 0.6 is 0 Å². The number of hydrogen-bond acceptors (Lipinski definition) is 4. The number of carboxylic acids is 1. The van der Waals surface area contributed by atoms with E-state index in [0.717, 1.165) is 26.2 Å². The molecular formula is C16H25N3O2. The third-order valence-corrected chi connectivity index (χ3v) is 4.28. The highest BCUT2D eigenvalue weighted by Crippen LogP contribution is 2.21. The van der Waals surface area contributed by atoms with Crippen LogP contribution in [0.25, 0.3) is 0 Å². The fraction of sp³-hybridized carbons (Fsp3) is 0.562. The molecule has 5 nitrogen and oxygen atoms in total. The minimum atomic E-state index is -1.35. The summed E-state index contributed by atoms with van der Waals surface area (Å²) in [7, 11) is 0. The van der Waals surface area contributed by atoms with Crippen LogP contribution in [0.5, 0.6) is 0 Å². The van der Waals surface area contributed by atoms with Crippen molar-refractivity contribution in [2.24, 2.45) is 5.73 Å². The minimum absolute atomic E-state index is 0.346. The van der Waals surface area contributed by atoms with Gasteiger partial charge in [-0.2, -0.15) is 0 Å². The molecule has 1 fully saturated rings. The van der Waals surface area contributed by atoms with Crippen molar-refractivity contribution < 1.29 is 9.90 Å². The average Bonchev–Trinajstić information content (AvgIpc) is 2.48. The number of piperazine rings is 1. The van der Waals surface area contributed by atoms with Crippen molar-refractivity contribution in [3.63, 3.8) is 0 Å². The van der Waals surface area contributed by atoms with Crippen LogP contribution in [0.4, 0.5) is 0 Å². The number of aliphatic carboxylic acids is 1. The molecule has 1 atom stereocenters. The zero-order valence-corrected chi connectivity index (χ0v) is 12.8. The number of nitrogens with two attached hydrogens (primary N) is 1. The van der Waals surface area contributed by atoms with Crippen LogP contribution in [0.1, 0.15) is 19.4 Å². The molecule has 3 N–H and O–H groups in total. The maximum absolute atomic E-state index is 11.7. The van der Waals surface area contributed by atoms with Crippen LogP contribution in [0.15, 0.2) is 30.3 Å². The van der Waals surface area contributed by atoms with Crippen LogP contribution < -0.4 is 5.73 Å². The Morgan fingerprint density at radius 1 is 1.24 bits per heavy atom. The monoisotopic (exact) mass is 291 g/mol. The molecule has 0 amide bonds. The summed E-state index contributed by atoms with van der Waals surface area (Å²) in [5.41, 5.74) is 5.54.